The van der Waals surface area contributed by atoms with Crippen LogP contribution in [0.4, 0.5) is 5.69 Å². The molecule has 0 saturated heterocycles. The van der Waals surface area contributed by atoms with E-state index in [0.29, 0.717) is 22.8 Å². The van der Waals surface area contributed by atoms with E-state index in [1.165, 1.54) is 6.08 Å². The lowest BCUT2D eigenvalue weighted by atomic mass is 10.1. The van der Waals surface area contributed by atoms with Crippen LogP contribution in [0.5, 0.6) is 17.2 Å². The molecule has 6 heteroatoms. The molecule has 1 heterocycles. The molecule has 0 amide bonds. The van der Waals surface area contributed by atoms with Crippen molar-refractivity contribution < 1.29 is 19.0 Å². The van der Waals surface area contributed by atoms with Crippen molar-refractivity contribution in [2.75, 3.05) is 26.6 Å². The molecule has 0 fully saturated rings. The van der Waals surface area contributed by atoms with Gasteiger partial charge in [0.2, 0.25) is 5.75 Å². The number of H-pyrrole nitrogens is 1. The van der Waals surface area contributed by atoms with Crippen LogP contribution < -0.4 is 19.5 Å². The Morgan fingerprint density at radius 2 is 1.59 bits per heavy atom. The van der Waals surface area contributed by atoms with E-state index < -0.39 is 0 Å². The number of rotatable bonds is 9. The van der Waals surface area contributed by atoms with Crippen molar-refractivity contribution in [3.05, 3.63) is 95.8 Å². The summed E-state index contributed by atoms with van der Waals surface area (Å²) in [4.78, 5) is 15.8. The van der Waals surface area contributed by atoms with Crippen molar-refractivity contribution >= 4 is 34.5 Å². The number of benzene rings is 3. The van der Waals surface area contributed by atoms with E-state index in [1.807, 2.05) is 72.8 Å². The van der Waals surface area contributed by atoms with Crippen molar-refractivity contribution in [2.24, 2.45) is 0 Å². The number of carbonyl (C=O) groups is 1. The van der Waals surface area contributed by atoms with Crippen molar-refractivity contribution in [3.63, 3.8) is 0 Å². The van der Waals surface area contributed by atoms with Crippen LogP contribution >= 0.6 is 0 Å². The van der Waals surface area contributed by atoms with Gasteiger partial charge in [-0.15, -0.1) is 0 Å². The van der Waals surface area contributed by atoms with E-state index in [0.717, 1.165) is 27.7 Å². The number of aromatic amines is 1. The number of hydrogen-bond donors (Lipinski definition) is 2. The fourth-order valence-electron chi connectivity index (χ4n) is 3.73. The number of ether oxygens (including phenoxy) is 3. The first-order valence-electron chi connectivity index (χ1n) is 10.7. The Morgan fingerprint density at radius 3 is 2.32 bits per heavy atom. The van der Waals surface area contributed by atoms with Crippen LogP contribution in [0.15, 0.2) is 79.1 Å². The minimum absolute atomic E-state index is 0.0737. The number of aromatic nitrogens is 1. The third kappa shape index (κ3) is 4.81. The van der Waals surface area contributed by atoms with Gasteiger partial charge in [-0.25, -0.2) is 0 Å². The maximum absolute atomic E-state index is 12.7. The minimum Gasteiger partial charge on any atom is -0.493 e. The van der Waals surface area contributed by atoms with Gasteiger partial charge >= 0.3 is 0 Å². The third-order valence-electron chi connectivity index (χ3n) is 5.43. The first-order chi connectivity index (χ1) is 16.6. The summed E-state index contributed by atoms with van der Waals surface area (Å²) in [6.07, 6.45) is 8.89. The Bertz CT molecular complexity index is 1340. The fourth-order valence-corrected chi connectivity index (χ4v) is 3.73. The lowest BCUT2D eigenvalue weighted by Crippen LogP contribution is -1.96. The van der Waals surface area contributed by atoms with Crippen LogP contribution in [0.25, 0.3) is 23.1 Å². The number of carbonyl (C=O) groups excluding carboxylic acids is 1. The predicted molar refractivity (Wildman–Crippen MR) is 137 cm³/mol. The molecule has 0 spiro atoms. The standard InChI is InChI=1S/C28H26N2O4/c1-32-26-16-19(17-27(33-2)28(26)34-3)12-13-20-8-4-6-10-23(20)29-15-14-25(31)22-18-30-24-11-7-5-9-21(22)24/h4-18,29-30H,1-3H3. The number of allylic oxidation sites excluding steroid dienone is 1. The number of hydrogen-bond acceptors (Lipinski definition) is 5. The van der Waals surface area contributed by atoms with E-state index in [-0.39, 0.29) is 5.78 Å². The highest BCUT2D eigenvalue weighted by atomic mass is 16.5. The normalized spacial score (nSPS) is 11.3. The summed E-state index contributed by atoms with van der Waals surface area (Å²) in [6, 6.07) is 19.4. The highest BCUT2D eigenvalue weighted by Crippen LogP contribution is 2.38. The summed E-state index contributed by atoms with van der Waals surface area (Å²) in [6.45, 7) is 0. The SMILES string of the molecule is COc1cc(C=Cc2ccccc2NC=CC(=O)c2c[nH]c3ccccc23)cc(OC)c1OC. The molecule has 1 aromatic heterocycles. The average molecular weight is 455 g/mol. The molecule has 0 aliphatic carbocycles. The van der Waals surface area contributed by atoms with Crippen LogP contribution in [-0.2, 0) is 0 Å². The molecule has 3 aromatic carbocycles. The second-order valence-electron chi connectivity index (χ2n) is 7.47. The molecule has 0 saturated carbocycles. The molecule has 2 N–H and O–H groups in total. The van der Waals surface area contributed by atoms with Crippen LogP contribution in [0.1, 0.15) is 21.5 Å². The molecular formula is C28H26N2O4. The summed E-state index contributed by atoms with van der Waals surface area (Å²) in [5, 5.41) is 4.13. The molecule has 4 aromatic rings. The largest absolute Gasteiger partial charge is 0.493 e. The molecule has 172 valence electrons. The van der Waals surface area contributed by atoms with Gasteiger partial charge in [0, 0.05) is 40.6 Å². The van der Waals surface area contributed by atoms with Crippen molar-refractivity contribution in [1.29, 1.82) is 0 Å². The Hall–Kier alpha value is -4.45. The highest BCUT2D eigenvalue weighted by molar-refractivity contribution is 6.13. The van der Waals surface area contributed by atoms with Crippen LogP contribution in [-0.4, -0.2) is 32.1 Å². The Balaban J connectivity index is 1.52. The minimum atomic E-state index is -0.0737. The number of methoxy groups -OCH3 is 3. The van der Waals surface area contributed by atoms with Crippen molar-refractivity contribution in [2.45, 2.75) is 0 Å². The molecule has 0 bridgehead atoms. The molecular weight excluding hydrogens is 428 g/mol. The molecule has 34 heavy (non-hydrogen) atoms. The summed E-state index contributed by atoms with van der Waals surface area (Å²) in [7, 11) is 4.76. The number of nitrogens with one attached hydrogen (secondary N) is 2. The molecule has 0 unspecified atom stereocenters. The smallest absolute Gasteiger partial charge is 0.203 e. The molecule has 6 nitrogen and oxygen atoms in total. The molecule has 0 aliphatic rings. The van der Waals surface area contributed by atoms with E-state index in [9.17, 15) is 4.79 Å². The summed E-state index contributed by atoms with van der Waals surface area (Å²) < 4.78 is 16.3. The molecule has 0 aliphatic heterocycles. The predicted octanol–water partition coefficient (Wildman–Crippen LogP) is 6.17. The highest BCUT2D eigenvalue weighted by Gasteiger charge is 2.12. The first kappa shape index (κ1) is 22.7. The van der Waals surface area contributed by atoms with Gasteiger partial charge in [0.25, 0.3) is 0 Å². The monoisotopic (exact) mass is 454 g/mol. The van der Waals surface area contributed by atoms with Crippen molar-refractivity contribution in [3.8, 4) is 17.2 Å². The topological polar surface area (TPSA) is 72.6 Å². The Labute approximate surface area is 198 Å². The fraction of sp³-hybridized carbons (Fsp3) is 0.107. The van der Waals surface area contributed by atoms with Crippen LogP contribution in [0.3, 0.4) is 0 Å². The van der Waals surface area contributed by atoms with Gasteiger partial charge in [-0.05, 0) is 35.4 Å². The van der Waals surface area contributed by atoms with Crippen LogP contribution in [0.2, 0.25) is 0 Å². The summed E-state index contributed by atoms with van der Waals surface area (Å²) in [5.74, 6) is 1.66. The van der Waals surface area contributed by atoms with Gasteiger partial charge in [-0.1, -0.05) is 48.6 Å². The number of fused-ring (bicyclic) bond motifs is 1. The van der Waals surface area contributed by atoms with E-state index in [1.54, 1.807) is 33.7 Å². The third-order valence-corrected chi connectivity index (χ3v) is 5.43. The second-order valence-corrected chi connectivity index (χ2v) is 7.47. The van der Waals surface area contributed by atoms with Gasteiger partial charge < -0.3 is 24.5 Å². The van der Waals surface area contributed by atoms with E-state index >= 15 is 0 Å². The quantitative estimate of drug-likeness (QED) is 0.180. The van der Waals surface area contributed by atoms with Gasteiger partial charge in [-0.3, -0.25) is 4.79 Å². The second kappa shape index (κ2) is 10.4. The van der Waals surface area contributed by atoms with Crippen LogP contribution in [0, 0.1) is 0 Å². The zero-order valence-corrected chi connectivity index (χ0v) is 19.3. The number of ketones is 1. The maximum Gasteiger partial charge on any atom is 0.203 e. The van der Waals surface area contributed by atoms with E-state index in [2.05, 4.69) is 10.3 Å². The van der Waals surface area contributed by atoms with Gasteiger partial charge in [-0.2, -0.15) is 0 Å². The first-order valence-corrected chi connectivity index (χ1v) is 10.7. The van der Waals surface area contributed by atoms with Gasteiger partial charge in [0.15, 0.2) is 17.3 Å². The summed E-state index contributed by atoms with van der Waals surface area (Å²) >= 11 is 0. The van der Waals surface area contributed by atoms with E-state index in [4.69, 9.17) is 14.2 Å². The molecule has 0 atom stereocenters. The zero-order chi connectivity index (χ0) is 23.9. The zero-order valence-electron chi connectivity index (χ0n) is 19.3. The number of para-hydroxylation sites is 2. The maximum atomic E-state index is 12.7. The molecule has 4 rings (SSSR count). The van der Waals surface area contributed by atoms with Gasteiger partial charge in [0.05, 0.1) is 21.3 Å². The van der Waals surface area contributed by atoms with Gasteiger partial charge in [0.1, 0.15) is 0 Å². The lowest BCUT2D eigenvalue weighted by Gasteiger charge is -2.13. The lowest BCUT2D eigenvalue weighted by molar-refractivity contribution is 0.104. The Morgan fingerprint density at radius 1 is 0.882 bits per heavy atom. The average Bonchev–Trinajstić information content (AvgIpc) is 3.31. The Kier molecular flexibility index (Phi) is 6.98. The van der Waals surface area contributed by atoms with Crippen molar-refractivity contribution in [1.82, 2.24) is 4.98 Å². The summed E-state index contributed by atoms with van der Waals surface area (Å²) in [5.41, 5.74) is 4.31. The number of anilines is 1. The molecule has 0 radical (unpaired) electrons.